The first-order valence-corrected chi connectivity index (χ1v) is 13.6. The van der Waals surface area contributed by atoms with Crippen LogP contribution in [-0.4, -0.2) is 16.8 Å². The number of pyridine rings is 1. The Morgan fingerprint density at radius 3 is 2.53 bits per heavy atom. The van der Waals surface area contributed by atoms with Crippen LogP contribution in [0.4, 0.5) is 5.00 Å². The van der Waals surface area contributed by atoms with Gasteiger partial charge in [-0.3, -0.25) is 9.59 Å². The molecule has 36 heavy (non-hydrogen) atoms. The van der Waals surface area contributed by atoms with Gasteiger partial charge in [-0.1, -0.05) is 67.0 Å². The van der Waals surface area contributed by atoms with E-state index in [9.17, 15) is 9.59 Å². The van der Waals surface area contributed by atoms with E-state index in [1.165, 1.54) is 11.3 Å². The van der Waals surface area contributed by atoms with Crippen molar-refractivity contribution in [3.05, 3.63) is 80.6 Å². The number of fused-ring (bicyclic) bond motifs is 2. The van der Waals surface area contributed by atoms with Crippen molar-refractivity contribution in [1.82, 2.24) is 4.98 Å². The highest BCUT2D eigenvalue weighted by atomic mass is 79.9. The van der Waals surface area contributed by atoms with E-state index in [1.54, 1.807) is 0 Å². The van der Waals surface area contributed by atoms with Gasteiger partial charge in [0, 0.05) is 20.3 Å². The number of carbonyl (C=O) groups is 2. The lowest BCUT2D eigenvalue weighted by molar-refractivity contribution is 0.1000. The van der Waals surface area contributed by atoms with Gasteiger partial charge in [-0.05, 0) is 60.4 Å². The smallest absolute Gasteiger partial charge is 0.257 e. The number of hydrogen-bond donors (Lipinski definition) is 2. The molecule has 0 fully saturated rings. The van der Waals surface area contributed by atoms with Gasteiger partial charge in [-0.25, -0.2) is 4.98 Å². The number of hydrogen-bond acceptors (Lipinski definition) is 4. The van der Waals surface area contributed by atoms with Gasteiger partial charge in [0.2, 0.25) is 0 Å². The molecule has 5 rings (SSSR count). The minimum absolute atomic E-state index is 0.178. The van der Waals surface area contributed by atoms with Crippen molar-refractivity contribution in [3.8, 4) is 11.3 Å². The zero-order valence-electron chi connectivity index (χ0n) is 20.5. The zero-order chi connectivity index (χ0) is 25.6. The number of amides is 2. The molecule has 2 heterocycles. The third kappa shape index (κ3) is 4.70. The summed E-state index contributed by atoms with van der Waals surface area (Å²) >= 11 is 4.96. The van der Waals surface area contributed by atoms with Crippen LogP contribution in [0.25, 0.3) is 22.2 Å². The second-order valence-electron chi connectivity index (χ2n) is 10.4. The number of aromatic nitrogens is 1. The van der Waals surface area contributed by atoms with Crippen molar-refractivity contribution < 1.29 is 9.59 Å². The number of nitrogens with zero attached hydrogens (tertiary/aromatic N) is 1. The van der Waals surface area contributed by atoms with Crippen molar-refractivity contribution in [1.29, 1.82) is 0 Å². The lowest BCUT2D eigenvalue weighted by Gasteiger charge is -2.33. The highest BCUT2D eigenvalue weighted by Gasteiger charge is 2.33. The first-order chi connectivity index (χ1) is 17.1. The summed E-state index contributed by atoms with van der Waals surface area (Å²) in [6, 6.07) is 17.2. The van der Waals surface area contributed by atoms with Crippen LogP contribution >= 0.6 is 27.3 Å². The molecule has 2 aromatic carbocycles. The maximum atomic E-state index is 13.7. The molecule has 1 aliphatic rings. The summed E-state index contributed by atoms with van der Waals surface area (Å²) in [7, 11) is 0. The molecule has 5 nitrogen and oxygen atoms in total. The molecular weight excluding hydrogens is 534 g/mol. The zero-order valence-corrected chi connectivity index (χ0v) is 22.9. The van der Waals surface area contributed by atoms with Crippen molar-refractivity contribution in [2.24, 2.45) is 17.1 Å². The van der Waals surface area contributed by atoms with Crippen molar-refractivity contribution in [2.75, 3.05) is 5.32 Å². The van der Waals surface area contributed by atoms with Crippen LogP contribution in [0.2, 0.25) is 0 Å². The normalized spacial score (nSPS) is 15.5. The second-order valence-corrected chi connectivity index (χ2v) is 12.4. The molecule has 2 aromatic heterocycles. The number of halogens is 1. The van der Waals surface area contributed by atoms with Gasteiger partial charge < -0.3 is 11.1 Å². The lowest BCUT2D eigenvalue weighted by atomic mass is 9.72. The molecular formula is C29H28BrN3O2S. The molecule has 0 bridgehead atoms. The van der Waals surface area contributed by atoms with Gasteiger partial charge >= 0.3 is 0 Å². The van der Waals surface area contributed by atoms with Crippen LogP contribution in [0.1, 0.15) is 58.3 Å². The second kappa shape index (κ2) is 9.45. The SMILES string of the molecule is CC(C)(C)C1CCc2c(sc(NC(=O)c3cc(-c4ccc(Br)cc4)nc4ccccc34)c2C(N)=O)C1. The van der Waals surface area contributed by atoms with Crippen LogP contribution in [0.3, 0.4) is 0 Å². The predicted molar refractivity (Wildman–Crippen MR) is 151 cm³/mol. The van der Waals surface area contributed by atoms with E-state index >= 15 is 0 Å². The number of carbonyl (C=O) groups excluding carboxylic acids is 2. The van der Waals surface area contributed by atoms with Crippen molar-refractivity contribution in [2.45, 2.75) is 40.0 Å². The third-order valence-electron chi connectivity index (χ3n) is 7.06. The molecule has 1 atom stereocenters. The van der Waals surface area contributed by atoms with Gasteiger partial charge in [-0.2, -0.15) is 0 Å². The summed E-state index contributed by atoms with van der Waals surface area (Å²) < 4.78 is 0.972. The van der Waals surface area contributed by atoms with Crippen molar-refractivity contribution >= 4 is 55.0 Å². The van der Waals surface area contributed by atoms with E-state index in [-0.39, 0.29) is 11.3 Å². The number of primary amides is 1. The number of nitrogens with one attached hydrogen (secondary N) is 1. The van der Waals surface area contributed by atoms with Crippen LogP contribution < -0.4 is 11.1 Å². The van der Waals surface area contributed by atoms with Gasteiger partial charge in [0.25, 0.3) is 11.8 Å². The monoisotopic (exact) mass is 561 g/mol. The van der Waals surface area contributed by atoms with Crippen LogP contribution in [-0.2, 0) is 12.8 Å². The van der Waals surface area contributed by atoms with E-state index in [1.807, 2.05) is 54.6 Å². The summed E-state index contributed by atoms with van der Waals surface area (Å²) in [5.74, 6) is -0.252. The fraction of sp³-hybridized carbons (Fsp3) is 0.276. The topological polar surface area (TPSA) is 85.1 Å². The molecule has 0 aliphatic heterocycles. The van der Waals surface area contributed by atoms with E-state index in [0.717, 1.165) is 50.6 Å². The summed E-state index contributed by atoms with van der Waals surface area (Å²) in [5, 5.41) is 4.34. The maximum absolute atomic E-state index is 13.7. The average Bonchev–Trinajstić information content (AvgIpc) is 3.20. The number of benzene rings is 2. The number of anilines is 1. The lowest BCUT2D eigenvalue weighted by Crippen LogP contribution is -2.27. The molecule has 0 spiro atoms. The molecule has 3 N–H and O–H groups in total. The van der Waals surface area contributed by atoms with Gasteiger partial charge in [-0.15, -0.1) is 11.3 Å². The third-order valence-corrected chi connectivity index (χ3v) is 8.76. The van der Waals surface area contributed by atoms with Gasteiger partial charge in [0.1, 0.15) is 5.00 Å². The Labute approximate surface area is 223 Å². The fourth-order valence-electron chi connectivity index (χ4n) is 4.98. The standard InChI is InChI=1S/C29H28BrN3O2S/c1-29(2,3)17-10-13-20-24(14-17)36-28(25(20)26(31)34)33-27(35)21-15-23(16-8-11-18(30)12-9-16)32-22-7-5-4-6-19(21)22/h4-9,11-12,15,17H,10,13-14H2,1-3H3,(H2,31,34)(H,33,35). The summed E-state index contributed by atoms with van der Waals surface area (Å²) in [6.07, 6.45) is 2.70. The maximum Gasteiger partial charge on any atom is 0.257 e. The van der Waals surface area contributed by atoms with Crippen LogP contribution in [0.5, 0.6) is 0 Å². The minimum Gasteiger partial charge on any atom is -0.365 e. The number of thiophene rings is 1. The van der Waals surface area contributed by atoms with E-state index < -0.39 is 5.91 Å². The van der Waals surface area contributed by atoms with E-state index in [2.05, 4.69) is 42.0 Å². The Balaban J connectivity index is 1.55. The molecule has 0 saturated heterocycles. The number of nitrogens with two attached hydrogens (primary N) is 1. The molecule has 184 valence electrons. The Morgan fingerprint density at radius 2 is 1.83 bits per heavy atom. The van der Waals surface area contributed by atoms with Gasteiger partial charge in [0.05, 0.1) is 22.3 Å². The first-order valence-electron chi connectivity index (χ1n) is 12.0. The molecule has 0 radical (unpaired) electrons. The fourth-order valence-corrected chi connectivity index (χ4v) is 6.57. The molecule has 4 aromatic rings. The van der Waals surface area contributed by atoms with E-state index in [4.69, 9.17) is 10.7 Å². The number of para-hydroxylation sites is 1. The Hall–Kier alpha value is -3.03. The van der Waals surface area contributed by atoms with E-state index in [0.29, 0.717) is 27.7 Å². The molecule has 0 saturated carbocycles. The van der Waals surface area contributed by atoms with Crippen molar-refractivity contribution in [3.63, 3.8) is 0 Å². The highest BCUT2D eigenvalue weighted by molar-refractivity contribution is 9.10. The Morgan fingerprint density at radius 1 is 1.11 bits per heavy atom. The Bertz CT molecular complexity index is 1490. The van der Waals surface area contributed by atoms with Crippen LogP contribution in [0, 0.1) is 11.3 Å². The minimum atomic E-state index is -0.493. The average molecular weight is 563 g/mol. The number of rotatable bonds is 4. The Kier molecular flexibility index (Phi) is 6.47. The summed E-state index contributed by atoms with van der Waals surface area (Å²) in [6.45, 7) is 6.77. The predicted octanol–water partition coefficient (Wildman–Crippen LogP) is 7.23. The molecule has 2 amide bonds. The molecule has 1 unspecified atom stereocenters. The first kappa shape index (κ1) is 24.7. The summed E-state index contributed by atoms with van der Waals surface area (Å²) in [5.41, 5.74) is 10.3. The highest BCUT2D eigenvalue weighted by Crippen LogP contribution is 2.44. The molecule has 7 heteroatoms. The molecule has 1 aliphatic carbocycles. The van der Waals surface area contributed by atoms with Gasteiger partial charge in [0.15, 0.2) is 0 Å². The quantitative estimate of drug-likeness (QED) is 0.275. The summed E-state index contributed by atoms with van der Waals surface area (Å²) in [4.78, 5) is 32.1. The van der Waals surface area contributed by atoms with Crippen LogP contribution in [0.15, 0.2) is 59.1 Å². The largest absolute Gasteiger partial charge is 0.365 e.